The van der Waals surface area contributed by atoms with Crippen molar-refractivity contribution in [2.24, 2.45) is 0 Å². The summed E-state index contributed by atoms with van der Waals surface area (Å²) in [4.78, 5) is 24.0. The summed E-state index contributed by atoms with van der Waals surface area (Å²) in [6.45, 7) is 2.74. The van der Waals surface area contributed by atoms with Gasteiger partial charge in [0.1, 0.15) is 17.3 Å². The summed E-state index contributed by atoms with van der Waals surface area (Å²) in [6, 6.07) is 9.11. The van der Waals surface area contributed by atoms with Gasteiger partial charge < -0.3 is 20.3 Å². The second-order valence-corrected chi connectivity index (χ2v) is 9.61. The molecule has 5 heterocycles. The molecule has 184 valence electrons. The number of nitrogens with one attached hydrogen (secondary N) is 2. The number of fused-ring (bicyclic) bond motifs is 2. The normalized spacial score (nSPS) is 17.1. The van der Waals surface area contributed by atoms with Gasteiger partial charge in [0, 0.05) is 55.3 Å². The van der Waals surface area contributed by atoms with Crippen molar-refractivity contribution in [3.63, 3.8) is 0 Å². The largest absolute Gasteiger partial charge is 0.381 e. The van der Waals surface area contributed by atoms with E-state index >= 15 is 0 Å². The number of carbonyl (C=O) groups excluding carboxylic acids is 1. The van der Waals surface area contributed by atoms with Crippen molar-refractivity contribution >= 4 is 23.1 Å². The van der Waals surface area contributed by atoms with Crippen LogP contribution in [0.1, 0.15) is 39.4 Å². The molecule has 0 aliphatic carbocycles. The average molecular weight is 487 g/mol. The van der Waals surface area contributed by atoms with Crippen molar-refractivity contribution in [3.8, 4) is 11.3 Å². The Morgan fingerprint density at radius 3 is 2.92 bits per heavy atom. The number of benzene rings is 1. The molecule has 2 N–H and O–H groups in total. The Balaban J connectivity index is 1.38. The third-order valence-electron chi connectivity index (χ3n) is 6.85. The molecule has 6 rings (SSSR count). The lowest BCUT2D eigenvalue weighted by atomic mass is 9.93. The molecule has 1 amide bonds. The van der Waals surface area contributed by atoms with Gasteiger partial charge in [-0.3, -0.25) is 9.20 Å². The van der Waals surface area contributed by atoms with Crippen LogP contribution in [0.3, 0.4) is 0 Å². The first-order valence-electron chi connectivity index (χ1n) is 12.0. The average Bonchev–Trinajstić information content (AvgIpc) is 3.60. The van der Waals surface area contributed by atoms with Gasteiger partial charge >= 0.3 is 0 Å². The molecular weight excluding hydrogens is 459 g/mol. The first-order valence-corrected chi connectivity index (χ1v) is 12.0. The molecule has 4 aromatic rings. The summed E-state index contributed by atoms with van der Waals surface area (Å²) in [5.74, 6) is 0.395. The van der Waals surface area contributed by atoms with Crippen molar-refractivity contribution in [2.45, 2.75) is 25.4 Å². The van der Waals surface area contributed by atoms with Crippen molar-refractivity contribution in [3.05, 3.63) is 77.0 Å². The number of pyridine rings is 2. The fourth-order valence-electron chi connectivity index (χ4n) is 5.18. The van der Waals surface area contributed by atoms with E-state index in [-0.39, 0.29) is 11.7 Å². The molecule has 0 bridgehead atoms. The molecule has 0 radical (unpaired) electrons. The minimum Gasteiger partial charge on any atom is -0.381 e. The molecule has 1 aromatic carbocycles. The lowest BCUT2D eigenvalue weighted by Gasteiger charge is -2.20. The smallest absolute Gasteiger partial charge is 0.255 e. The van der Waals surface area contributed by atoms with Crippen LogP contribution in [0.25, 0.3) is 16.9 Å². The predicted molar refractivity (Wildman–Crippen MR) is 135 cm³/mol. The number of rotatable bonds is 6. The Hall–Kier alpha value is -3.82. The molecule has 3 aromatic heterocycles. The lowest BCUT2D eigenvalue weighted by Crippen LogP contribution is -2.15. The van der Waals surface area contributed by atoms with Gasteiger partial charge in [-0.05, 0) is 55.4 Å². The summed E-state index contributed by atoms with van der Waals surface area (Å²) in [6.07, 6.45) is 6.10. The number of amides is 1. The van der Waals surface area contributed by atoms with Crippen LogP contribution >= 0.6 is 0 Å². The number of hydrogen-bond acceptors (Lipinski definition) is 6. The molecule has 2 aliphatic heterocycles. The predicted octanol–water partition coefficient (Wildman–Crippen LogP) is 4.09. The van der Waals surface area contributed by atoms with E-state index in [1.54, 1.807) is 23.0 Å². The van der Waals surface area contributed by atoms with E-state index in [4.69, 9.17) is 4.74 Å². The number of halogens is 1. The Kier molecular flexibility index (Phi) is 5.66. The van der Waals surface area contributed by atoms with Gasteiger partial charge in [-0.2, -0.15) is 0 Å². The molecule has 8 nitrogen and oxygen atoms in total. The Morgan fingerprint density at radius 2 is 2.11 bits per heavy atom. The summed E-state index contributed by atoms with van der Waals surface area (Å²) < 4.78 is 21.1. The molecule has 1 fully saturated rings. The first-order chi connectivity index (χ1) is 17.5. The van der Waals surface area contributed by atoms with Crippen LogP contribution < -0.4 is 10.6 Å². The maximum atomic E-state index is 13.7. The van der Waals surface area contributed by atoms with Crippen molar-refractivity contribution in [1.29, 1.82) is 0 Å². The molecule has 0 spiro atoms. The molecule has 1 atom stereocenters. The molecule has 2 aliphatic rings. The van der Waals surface area contributed by atoms with E-state index in [1.165, 1.54) is 23.3 Å². The highest BCUT2D eigenvalue weighted by Crippen LogP contribution is 2.35. The van der Waals surface area contributed by atoms with Crippen LogP contribution in [0.15, 0.2) is 48.9 Å². The second kappa shape index (κ2) is 9.00. The third kappa shape index (κ3) is 4.00. The van der Waals surface area contributed by atoms with Gasteiger partial charge in [0.05, 0.1) is 24.1 Å². The van der Waals surface area contributed by atoms with Crippen molar-refractivity contribution in [1.82, 2.24) is 24.6 Å². The number of hydrogen-bond donors (Lipinski definition) is 2. The third-order valence-corrected chi connectivity index (χ3v) is 6.85. The summed E-state index contributed by atoms with van der Waals surface area (Å²) in [5, 5.41) is 6.31. The van der Waals surface area contributed by atoms with E-state index in [0.717, 1.165) is 48.7 Å². The Morgan fingerprint density at radius 1 is 1.22 bits per heavy atom. The van der Waals surface area contributed by atoms with Gasteiger partial charge in [-0.1, -0.05) is 6.07 Å². The van der Waals surface area contributed by atoms with Crippen LogP contribution in [-0.4, -0.2) is 52.5 Å². The molecule has 36 heavy (non-hydrogen) atoms. The standard InChI is InChI=1S/C27H27FN6O2/c1-33(2)14-17-9-19(3-4-20(17)16-6-8-36-15-16)32-26-25-22(12-31-27(25)35)21(11-30-26)23-13-29-24-10-18(28)5-7-34(23)24/h3-5,7,9-11,13,16H,6,8,12,14-15H2,1-2H3,(H,30,32)(H,31,35)/t16-/m0/s1. The summed E-state index contributed by atoms with van der Waals surface area (Å²) in [5.41, 5.74) is 6.83. The van der Waals surface area contributed by atoms with Gasteiger partial charge in [0.25, 0.3) is 5.91 Å². The summed E-state index contributed by atoms with van der Waals surface area (Å²) in [7, 11) is 4.11. The van der Waals surface area contributed by atoms with E-state index in [9.17, 15) is 9.18 Å². The van der Waals surface area contributed by atoms with Crippen LogP contribution in [0.2, 0.25) is 0 Å². The lowest BCUT2D eigenvalue weighted by molar-refractivity contribution is 0.0966. The first kappa shape index (κ1) is 22.6. The fourth-order valence-corrected chi connectivity index (χ4v) is 5.18. The van der Waals surface area contributed by atoms with E-state index in [2.05, 4.69) is 51.7 Å². The summed E-state index contributed by atoms with van der Waals surface area (Å²) >= 11 is 0. The van der Waals surface area contributed by atoms with E-state index in [1.807, 2.05) is 6.07 Å². The highest BCUT2D eigenvalue weighted by atomic mass is 19.1. The fraction of sp³-hybridized carbons (Fsp3) is 0.296. The quantitative estimate of drug-likeness (QED) is 0.427. The molecule has 0 saturated carbocycles. The number of nitrogens with zero attached hydrogens (tertiary/aromatic N) is 4. The molecule has 9 heteroatoms. The van der Waals surface area contributed by atoms with E-state index < -0.39 is 0 Å². The maximum Gasteiger partial charge on any atom is 0.255 e. The minimum absolute atomic E-state index is 0.171. The van der Waals surface area contributed by atoms with Crippen LogP contribution in [0.4, 0.5) is 15.9 Å². The molecule has 1 saturated heterocycles. The minimum atomic E-state index is -0.348. The zero-order valence-corrected chi connectivity index (χ0v) is 20.2. The van der Waals surface area contributed by atoms with Crippen molar-refractivity contribution < 1.29 is 13.9 Å². The zero-order valence-electron chi connectivity index (χ0n) is 20.2. The highest BCUT2D eigenvalue weighted by Gasteiger charge is 2.29. The SMILES string of the molecule is CN(C)Cc1cc(Nc2ncc(-c3cnc4cc(F)ccn34)c3c2C(=O)NC3)ccc1[C@H]1CCOC1. The monoisotopic (exact) mass is 486 g/mol. The number of ether oxygens (including phenoxy) is 1. The topological polar surface area (TPSA) is 83.8 Å². The van der Waals surface area contributed by atoms with Crippen LogP contribution in [0, 0.1) is 5.82 Å². The highest BCUT2D eigenvalue weighted by molar-refractivity contribution is 6.05. The maximum absolute atomic E-state index is 13.7. The Labute approximate surface area is 208 Å². The molecular formula is C27H27FN6O2. The van der Waals surface area contributed by atoms with Gasteiger partial charge in [-0.15, -0.1) is 0 Å². The number of anilines is 2. The van der Waals surface area contributed by atoms with Crippen LogP contribution in [-0.2, 0) is 17.8 Å². The van der Waals surface area contributed by atoms with E-state index in [0.29, 0.717) is 29.5 Å². The molecule has 0 unspecified atom stereocenters. The van der Waals surface area contributed by atoms with Gasteiger partial charge in [-0.25, -0.2) is 14.4 Å². The number of imidazole rings is 1. The second-order valence-electron chi connectivity index (χ2n) is 9.61. The van der Waals surface area contributed by atoms with Crippen LogP contribution in [0.5, 0.6) is 0 Å². The zero-order chi connectivity index (χ0) is 24.8. The number of aromatic nitrogens is 3. The van der Waals surface area contributed by atoms with Gasteiger partial charge in [0.2, 0.25) is 0 Å². The Bertz CT molecular complexity index is 1470. The number of carbonyl (C=O) groups is 1. The van der Waals surface area contributed by atoms with Gasteiger partial charge in [0.15, 0.2) is 0 Å². The van der Waals surface area contributed by atoms with Crippen molar-refractivity contribution in [2.75, 3.05) is 32.6 Å².